The molecular formula is C38H73O10P. The van der Waals surface area contributed by atoms with Crippen LogP contribution in [-0.4, -0.2) is 65.7 Å². The highest BCUT2D eigenvalue weighted by Gasteiger charge is 2.27. The summed E-state index contributed by atoms with van der Waals surface area (Å²) >= 11 is 0. The zero-order valence-corrected chi connectivity index (χ0v) is 32.1. The molecule has 11 heteroatoms. The summed E-state index contributed by atoms with van der Waals surface area (Å²) in [5.74, 6) is -0.929. The van der Waals surface area contributed by atoms with Crippen LogP contribution < -0.4 is 0 Å². The molecule has 0 amide bonds. The van der Waals surface area contributed by atoms with Crippen molar-refractivity contribution < 1.29 is 47.8 Å². The van der Waals surface area contributed by atoms with Gasteiger partial charge in [0.1, 0.15) is 12.7 Å². The van der Waals surface area contributed by atoms with E-state index in [1.807, 2.05) is 0 Å². The lowest BCUT2D eigenvalue weighted by atomic mass is 10.0. The SMILES string of the molecule is CCCCCCC=CCCCCCCCC(=O)OC[C@H](COP(=O)(O)OC[C@@H](O)CO)OC(=O)CCCCCCCCCCCCCCC. The van der Waals surface area contributed by atoms with Crippen molar-refractivity contribution in [3.8, 4) is 0 Å². The Morgan fingerprint density at radius 1 is 0.592 bits per heavy atom. The third-order valence-corrected chi connectivity index (χ3v) is 9.37. The number of carbonyl (C=O) groups excluding carboxylic acids is 2. The molecule has 49 heavy (non-hydrogen) atoms. The zero-order chi connectivity index (χ0) is 36.3. The van der Waals surface area contributed by atoms with Gasteiger partial charge in [0.05, 0.1) is 19.8 Å². The Kier molecular flexibility index (Phi) is 34.2. The Morgan fingerprint density at radius 3 is 1.49 bits per heavy atom. The number of hydrogen-bond donors (Lipinski definition) is 3. The van der Waals surface area contributed by atoms with E-state index in [4.69, 9.17) is 19.1 Å². The molecule has 0 saturated carbocycles. The highest BCUT2D eigenvalue weighted by atomic mass is 31.2. The highest BCUT2D eigenvalue weighted by molar-refractivity contribution is 7.47. The first-order valence-electron chi connectivity index (χ1n) is 19.6. The molecule has 0 heterocycles. The van der Waals surface area contributed by atoms with E-state index in [1.54, 1.807) is 0 Å². The second kappa shape index (κ2) is 35.1. The Labute approximate surface area is 298 Å². The lowest BCUT2D eigenvalue weighted by molar-refractivity contribution is -0.161. The van der Waals surface area contributed by atoms with Crippen LogP contribution in [0.25, 0.3) is 0 Å². The van der Waals surface area contributed by atoms with Gasteiger partial charge in [0.15, 0.2) is 6.10 Å². The number of aliphatic hydroxyl groups excluding tert-OH is 2. The second-order valence-corrected chi connectivity index (χ2v) is 14.8. The van der Waals surface area contributed by atoms with Crippen molar-refractivity contribution in [1.29, 1.82) is 0 Å². The van der Waals surface area contributed by atoms with Crippen LogP contribution in [0.1, 0.15) is 181 Å². The van der Waals surface area contributed by atoms with Gasteiger partial charge in [0, 0.05) is 12.8 Å². The monoisotopic (exact) mass is 720 g/mol. The fourth-order valence-corrected chi connectivity index (χ4v) is 6.13. The number of aliphatic hydroxyl groups is 2. The maximum Gasteiger partial charge on any atom is 0.472 e. The van der Waals surface area contributed by atoms with Gasteiger partial charge in [-0.1, -0.05) is 142 Å². The van der Waals surface area contributed by atoms with Gasteiger partial charge in [-0.15, -0.1) is 0 Å². The summed E-state index contributed by atoms with van der Waals surface area (Å²) in [5, 5.41) is 18.3. The number of rotatable bonds is 37. The number of phosphoric acid groups is 1. The number of allylic oxidation sites excluding steroid dienone is 2. The summed E-state index contributed by atoms with van der Waals surface area (Å²) in [6, 6.07) is 0. The van der Waals surface area contributed by atoms with Crippen LogP contribution in [0, 0.1) is 0 Å². The standard InChI is InChI=1S/C38H73O10P/c1-3-5-7-9-11-13-15-17-19-21-23-25-27-29-37(41)45-33-36(34-47-49(43,44)46-32-35(40)31-39)48-38(42)30-28-26-24-22-20-18-16-14-12-10-8-6-4-2/h13,15,35-36,39-40H,3-12,14,16-34H2,1-2H3,(H,43,44)/t35-,36+/m0/s1. The van der Waals surface area contributed by atoms with Gasteiger partial charge in [-0.3, -0.25) is 18.6 Å². The van der Waals surface area contributed by atoms with Crippen LogP contribution in [-0.2, 0) is 32.7 Å². The summed E-state index contributed by atoms with van der Waals surface area (Å²) < 4.78 is 32.6. The summed E-state index contributed by atoms with van der Waals surface area (Å²) in [5.41, 5.74) is 0. The first-order chi connectivity index (χ1) is 23.7. The molecule has 0 spiro atoms. The van der Waals surface area contributed by atoms with E-state index >= 15 is 0 Å². The van der Waals surface area contributed by atoms with E-state index in [-0.39, 0.29) is 19.4 Å². The van der Waals surface area contributed by atoms with Gasteiger partial charge in [-0.2, -0.15) is 0 Å². The highest BCUT2D eigenvalue weighted by Crippen LogP contribution is 2.43. The van der Waals surface area contributed by atoms with E-state index in [0.29, 0.717) is 12.8 Å². The molecule has 0 rings (SSSR count). The lowest BCUT2D eigenvalue weighted by Gasteiger charge is -2.20. The van der Waals surface area contributed by atoms with Gasteiger partial charge in [-0.05, 0) is 38.5 Å². The predicted molar refractivity (Wildman–Crippen MR) is 196 cm³/mol. The van der Waals surface area contributed by atoms with E-state index in [1.165, 1.54) is 83.5 Å². The fourth-order valence-electron chi connectivity index (χ4n) is 5.34. The van der Waals surface area contributed by atoms with Crippen molar-refractivity contribution in [2.75, 3.05) is 26.4 Å². The molecular weight excluding hydrogens is 647 g/mol. The first kappa shape index (κ1) is 47.7. The molecule has 1 unspecified atom stereocenters. The van der Waals surface area contributed by atoms with Crippen LogP contribution in [0.5, 0.6) is 0 Å². The lowest BCUT2D eigenvalue weighted by Crippen LogP contribution is -2.29. The molecule has 3 N–H and O–H groups in total. The number of carbonyl (C=O) groups is 2. The number of esters is 2. The van der Waals surface area contributed by atoms with Crippen molar-refractivity contribution >= 4 is 19.8 Å². The average molecular weight is 721 g/mol. The molecule has 0 aliphatic heterocycles. The molecule has 0 aliphatic carbocycles. The molecule has 0 aromatic rings. The number of unbranched alkanes of at least 4 members (excludes halogenated alkanes) is 21. The number of ether oxygens (including phenoxy) is 2. The van der Waals surface area contributed by atoms with E-state index in [9.17, 15) is 24.2 Å². The minimum Gasteiger partial charge on any atom is -0.462 e. The molecule has 290 valence electrons. The van der Waals surface area contributed by atoms with Crippen LogP contribution >= 0.6 is 7.82 Å². The minimum atomic E-state index is -4.61. The van der Waals surface area contributed by atoms with Crippen LogP contribution in [0.3, 0.4) is 0 Å². The quantitative estimate of drug-likeness (QED) is 0.0245. The Balaban J connectivity index is 4.35. The van der Waals surface area contributed by atoms with E-state index < -0.39 is 51.8 Å². The van der Waals surface area contributed by atoms with Crippen molar-refractivity contribution in [2.24, 2.45) is 0 Å². The molecule has 0 aliphatic rings. The molecule has 3 atom stereocenters. The van der Waals surface area contributed by atoms with Crippen molar-refractivity contribution in [3.63, 3.8) is 0 Å². The fraction of sp³-hybridized carbons (Fsp3) is 0.895. The Bertz CT molecular complexity index is 837. The predicted octanol–water partition coefficient (Wildman–Crippen LogP) is 9.67. The van der Waals surface area contributed by atoms with Crippen LogP contribution in [0.2, 0.25) is 0 Å². The van der Waals surface area contributed by atoms with Crippen LogP contribution in [0.15, 0.2) is 12.2 Å². The average Bonchev–Trinajstić information content (AvgIpc) is 3.09. The topological polar surface area (TPSA) is 149 Å². The smallest absolute Gasteiger partial charge is 0.462 e. The molecule has 0 bridgehead atoms. The second-order valence-electron chi connectivity index (χ2n) is 13.3. The third-order valence-electron chi connectivity index (χ3n) is 8.42. The summed E-state index contributed by atoms with van der Waals surface area (Å²) in [7, 11) is -4.61. The van der Waals surface area contributed by atoms with Crippen LogP contribution in [0.4, 0.5) is 0 Å². The van der Waals surface area contributed by atoms with E-state index in [0.717, 1.165) is 57.8 Å². The van der Waals surface area contributed by atoms with Crippen molar-refractivity contribution in [2.45, 2.75) is 193 Å². The number of phosphoric ester groups is 1. The van der Waals surface area contributed by atoms with Gasteiger partial charge >= 0.3 is 19.8 Å². The Hall–Kier alpha value is -1.29. The summed E-state index contributed by atoms with van der Waals surface area (Å²) in [6.45, 7) is 2.35. The number of hydrogen-bond acceptors (Lipinski definition) is 9. The third kappa shape index (κ3) is 34.9. The Morgan fingerprint density at radius 2 is 1.00 bits per heavy atom. The van der Waals surface area contributed by atoms with Gasteiger partial charge in [0.2, 0.25) is 0 Å². The minimum absolute atomic E-state index is 0.187. The first-order valence-corrected chi connectivity index (χ1v) is 21.1. The maximum atomic E-state index is 12.5. The molecule has 0 fully saturated rings. The van der Waals surface area contributed by atoms with Gasteiger partial charge in [-0.25, -0.2) is 4.57 Å². The molecule has 10 nitrogen and oxygen atoms in total. The van der Waals surface area contributed by atoms with Gasteiger partial charge < -0.3 is 24.6 Å². The van der Waals surface area contributed by atoms with E-state index in [2.05, 4.69) is 30.5 Å². The molecule has 0 radical (unpaired) electrons. The summed E-state index contributed by atoms with van der Waals surface area (Å²) in [6.07, 6.45) is 30.3. The molecule has 0 aromatic carbocycles. The largest absolute Gasteiger partial charge is 0.472 e. The maximum absolute atomic E-state index is 12.5. The zero-order valence-electron chi connectivity index (χ0n) is 31.2. The summed E-state index contributed by atoms with van der Waals surface area (Å²) in [4.78, 5) is 34.8. The van der Waals surface area contributed by atoms with Crippen molar-refractivity contribution in [1.82, 2.24) is 0 Å². The molecule has 0 saturated heterocycles. The molecule has 0 aromatic heterocycles. The van der Waals surface area contributed by atoms with Crippen molar-refractivity contribution in [3.05, 3.63) is 12.2 Å². The normalized spacial score (nSPS) is 14.1. The van der Waals surface area contributed by atoms with Gasteiger partial charge in [0.25, 0.3) is 0 Å².